The first kappa shape index (κ1) is 20.8. The van der Waals surface area contributed by atoms with Crippen molar-refractivity contribution in [1.29, 1.82) is 0 Å². The van der Waals surface area contributed by atoms with Gasteiger partial charge in [0.05, 0.1) is 22.8 Å². The normalized spacial score (nSPS) is 18.9. The number of benzene rings is 1. The van der Waals surface area contributed by atoms with Gasteiger partial charge >= 0.3 is 6.18 Å². The highest BCUT2D eigenvalue weighted by Crippen LogP contribution is 2.33. The number of carbonyl (C=O) groups is 1. The van der Waals surface area contributed by atoms with Gasteiger partial charge < -0.3 is 15.2 Å². The summed E-state index contributed by atoms with van der Waals surface area (Å²) in [6, 6.07) is 4.62. The average molecular weight is 431 g/mol. The molecule has 162 valence electrons. The van der Waals surface area contributed by atoms with Crippen LogP contribution in [0.1, 0.15) is 18.9 Å². The lowest BCUT2D eigenvalue weighted by atomic mass is 9.89. The molecule has 0 spiro atoms. The fourth-order valence-corrected chi connectivity index (χ4v) is 3.62. The number of anilines is 1. The smallest absolute Gasteiger partial charge is 0.368 e. The molecule has 1 atom stereocenters. The largest absolute Gasteiger partial charge is 0.416 e. The third-order valence-corrected chi connectivity index (χ3v) is 5.63. The van der Waals surface area contributed by atoms with Gasteiger partial charge in [-0.05, 0) is 31.0 Å². The summed E-state index contributed by atoms with van der Waals surface area (Å²) in [5, 5.41) is 6.11. The van der Waals surface area contributed by atoms with Crippen molar-refractivity contribution in [3.8, 4) is 11.1 Å². The van der Waals surface area contributed by atoms with Crippen molar-refractivity contribution in [3.05, 3.63) is 52.7 Å². The second-order valence-corrected chi connectivity index (χ2v) is 7.90. The molecule has 31 heavy (non-hydrogen) atoms. The molecule has 7 nitrogen and oxygen atoms in total. The Morgan fingerprint density at radius 2 is 1.90 bits per heavy atom. The van der Waals surface area contributed by atoms with Crippen LogP contribution in [-0.4, -0.2) is 33.5 Å². The molecule has 1 aromatic carbocycles. The summed E-state index contributed by atoms with van der Waals surface area (Å²) >= 11 is 0. The molecule has 0 unspecified atom stereocenters. The number of carbonyl (C=O) groups excluding carboxylic acids is 1. The van der Waals surface area contributed by atoms with Gasteiger partial charge in [-0.25, -0.2) is 9.97 Å². The van der Waals surface area contributed by atoms with Crippen LogP contribution in [0, 0.1) is 5.41 Å². The molecule has 3 aromatic rings. The highest BCUT2D eigenvalue weighted by molar-refractivity contribution is 5.98. The van der Waals surface area contributed by atoms with Crippen molar-refractivity contribution in [2.45, 2.75) is 19.5 Å². The molecule has 2 N–H and O–H groups in total. The molecule has 3 heterocycles. The minimum absolute atomic E-state index is 0.0725. The van der Waals surface area contributed by atoms with Gasteiger partial charge in [0.25, 0.3) is 5.56 Å². The van der Waals surface area contributed by atoms with E-state index in [1.54, 1.807) is 7.05 Å². The van der Waals surface area contributed by atoms with E-state index in [1.165, 1.54) is 29.2 Å². The number of fused-ring (bicyclic) bond motifs is 1. The van der Waals surface area contributed by atoms with E-state index < -0.39 is 17.2 Å². The molecule has 1 aliphatic rings. The second kappa shape index (κ2) is 7.36. The van der Waals surface area contributed by atoms with Crippen LogP contribution >= 0.6 is 0 Å². The van der Waals surface area contributed by atoms with E-state index in [-0.39, 0.29) is 29.2 Å². The number of aromatic nitrogens is 3. The summed E-state index contributed by atoms with van der Waals surface area (Å²) < 4.78 is 40.0. The molecule has 0 bridgehead atoms. The first-order chi connectivity index (χ1) is 14.6. The number of hydrogen-bond donors (Lipinski definition) is 2. The Hall–Kier alpha value is -3.43. The van der Waals surface area contributed by atoms with Gasteiger partial charge in [0, 0.05) is 31.9 Å². The number of alkyl halides is 3. The summed E-state index contributed by atoms with van der Waals surface area (Å²) in [7, 11) is 1.55. The van der Waals surface area contributed by atoms with Crippen molar-refractivity contribution in [3.63, 3.8) is 0 Å². The number of amides is 1. The van der Waals surface area contributed by atoms with E-state index in [9.17, 15) is 22.8 Å². The number of halogens is 3. The van der Waals surface area contributed by atoms with Crippen LogP contribution in [0.5, 0.6) is 0 Å². The summed E-state index contributed by atoms with van der Waals surface area (Å²) in [6.07, 6.45) is -0.968. The van der Waals surface area contributed by atoms with Crippen LogP contribution in [0.3, 0.4) is 0 Å². The molecule has 1 saturated heterocycles. The predicted molar refractivity (Wildman–Crippen MR) is 109 cm³/mol. The van der Waals surface area contributed by atoms with E-state index in [0.29, 0.717) is 29.6 Å². The Bertz CT molecular complexity index is 1220. The fourth-order valence-electron chi connectivity index (χ4n) is 3.62. The van der Waals surface area contributed by atoms with Crippen molar-refractivity contribution in [2.24, 2.45) is 12.5 Å². The van der Waals surface area contributed by atoms with Gasteiger partial charge in [-0.3, -0.25) is 9.59 Å². The molecule has 0 saturated carbocycles. The molecule has 0 radical (unpaired) electrons. The van der Waals surface area contributed by atoms with Crippen LogP contribution < -0.4 is 16.2 Å². The minimum atomic E-state index is -4.44. The second-order valence-electron chi connectivity index (χ2n) is 7.90. The van der Waals surface area contributed by atoms with Crippen molar-refractivity contribution in [2.75, 3.05) is 18.4 Å². The summed E-state index contributed by atoms with van der Waals surface area (Å²) in [6.45, 7) is 2.69. The number of aryl methyl sites for hydroxylation is 1. The van der Waals surface area contributed by atoms with Crippen molar-refractivity contribution < 1.29 is 18.0 Å². The first-order valence-corrected chi connectivity index (χ1v) is 9.64. The third-order valence-electron chi connectivity index (χ3n) is 5.63. The standard InChI is InChI=1S/C21H20F3N5O2/c1-20(7-8-25-19(20)31)10-27-17-15-16(28-11-29(2)18(15)30)14(9-26-17)12-3-5-13(6-4-12)21(22,23)24/h3-6,9,11H,7-8,10H2,1-2H3,(H,25,31)(H,26,27)/t20-/m0/s1. The van der Waals surface area contributed by atoms with E-state index in [2.05, 4.69) is 20.6 Å². The molecule has 2 aromatic heterocycles. The van der Waals surface area contributed by atoms with Crippen molar-refractivity contribution >= 4 is 22.6 Å². The average Bonchev–Trinajstić information content (AvgIpc) is 3.07. The van der Waals surface area contributed by atoms with E-state index in [1.807, 2.05) is 6.92 Å². The summed E-state index contributed by atoms with van der Waals surface area (Å²) in [5.41, 5.74) is -0.528. The van der Waals surface area contributed by atoms with Gasteiger partial charge in [0.2, 0.25) is 5.91 Å². The van der Waals surface area contributed by atoms with Crippen molar-refractivity contribution in [1.82, 2.24) is 19.9 Å². The van der Waals surface area contributed by atoms with Gasteiger partial charge in [0.1, 0.15) is 11.2 Å². The van der Waals surface area contributed by atoms with Gasteiger partial charge in [-0.2, -0.15) is 13.2 Å². The van der Waals surface area contributed by atoms with E-state index in [0.717, 1.165) is 12.1 Å². The maximum absolute atomic E-state index is 12.9. The Kier molecular flexibility index (Phi) is 4.95. The van der Waals surface area contributed by atoms with E-state index >= 15 is 0 Å². The van der Waals surface area contributed by atoms with E-state index in [4.69, 9.17) is 0 Å². The zero-order chi connectivity index (χ0) is 22.4. The molecular weight excluding hydrogens is 411 g/mol. The quantitative estimate of drug-likeness (QED) is 0.663. The predicted octanol–water partition coefficient (Wildman–Crippen LogP) is 2.95. The number of nitrogens with one attached hydrogen (secondary N) is 2. The number of rotatable bonds is 4. The topological polar surface area (TPSA) is 88.9 Å². The summed E-state index contributed by atoms with van der Waals surface area (Å²) in [5.74, 6) is 0.206. The van der Waals surface area contributed by atoms with Crippen LogP contribution in [0.4, 0.5) is 19.0 Å². The molecule has 4 rings (SSSR count). The lowest BCUT2D eigenvalue weighted by Gasteiger charge is -2.21. The number of hydrogen-bond acceptors (Lipinski definition) is 5. The zero-order valence-corrected chi connectivity index (χ0v) is 16.9. The molecule has 1 aliphatic heterocycles. The maximum Gasteiger partial charge on any atom is 0.416 e. The highest BCUT2D eigenvalue weighted by atomic mass is 19.4. The van der Waals surface area contributed by atoms with Crippen LogP contribution in [0.25, 0.3) is 22.0 Å². The molecule has 0 aliphatic carbocycles. The lowest BCUT2D eigenvalue weighted by molar-refractivity contribution is -0.137. The highest BCUT2D eigenvalue weighted by Gasteiger charge is 2.37. The Balaban J connectivity index is 1.78. The molecule has 1 fully saturated rings. The van der Waals surface area contributed by atoms with Gasteiger partial charge in [-0.1, -0.05) is 12.1 Å². The Morgan fingerprint density at radius 1 is 1.19 bits per heavy atom. The van der Waals surface area contributed by atoms with Crippen LogP contribution in [0.2, 0.25) is 0 Å². The lowest BCUT2D eigenvalue weighted by Crippen LogP contribution is -2.35. The third kappa shape index (κ3) is 3.73. The maximum atomic E-state index is 12.9. The van der Waals surface area contributed by atoms with Crippen LogP contribution in [-0.2, 0) is 18.0 Å². The molecule has 10 heteroatoms. The summed E-state index contributed by atoms with van der Waals surface area (Å²) in [4.78, 5) is 33.7. The Morgan fingerprint density at radius 3 is 2.52 bits per heavy atom. The van der Waals surface area contributed by atoms with Gasteiger partial charge in [-0.15, -0.1) is 0 Å². The monoisotopic (exact) mass is 431 g/mol. The van der Waals surface area contributed by atoms with Crippen LogP contribution in [0.15, 0.2) is 41.6 Å². The Labute approximate surface area is 175 Å². The zero-order valence-electron chi connectivity index (χ0n) is 16.9. The number of pyridine rings is 1. The fraction of sp³-hybridized carbons (Fsp3) is 0.333. The number of nitrogens with zero attached hydrogens (tertiary/aromatic N) is 3. The van der Waals surface area contributed by atoms with Gasteiger partial charge in [0.15, 0.2) is 0 Å². The SMILES string of the molecule is Cn1cnc2c(-c3ccc(C(F)(F)F)cc3)cnc(NC[C@]3(C)CCNC3=O)c2c1=O. The molecular formula is C21H20F3N5O2. The molecule has 1 amide bonds. The minimum Gasteiger partial charge on any atom is -0.368 e. The first-order valence-electron chi connectivity index (χ1n) is 9.64.